The van der Waals surface area contributed by atoms with Gasteiger partial charge in [0.15, 0.2) is 0 Å². The number of ether oxygens (including phenoxy) is 1. The van der Waals surface area contributed by atoms with Gasteiger partial charge in [-0.15, -0.1) is 0 Å². The number of nitro groups is 1. The number of hydrogen-bond acceptors (Lipinski definition) is 6. The van der Waals surface area contributed by atoms with E-state index < -0.39 is 34.5 Å². The molecule has 0 aliphatic heterocycles. The third-order valence-electron chi connectivity index (χ3n) is 2.07. The van der Waals surface area contributed by atoms with E-state index in [1.807, 2.05) is 0 Å². The second-order valence-corrected chi connectivity index (χ2v) is 3.37. The topological polar surface area (TPSA) is 110 Å². The highest BCUT2D eigenvalue weighted by Gasteiger charge is 2.22. The van der Waals surface area contributed by atoms with E-state index in [1.165, 1.54) is 6.08 Å². The SMILES string of the molecule is C=CCOC(=O)Cc1c(O)cc(O)cc1[N+](=O)[O-]. The summed E-state index contributed by atoms with van der Waals surface area (Å²) in [4.78, 5) is 21.3. The average Bonchev–Trinajstić information content (AvgIpc) is 2.29. The van der Waals surface area contributed by atoms with Gasteiger partial charge < -0.3 is 14.9 Å². The van der Waals surface area contributed by atoms with E-state index in [0.717, 1.165) is 12.1 Å². The van der Waals surface area contributed by atoms with Crippen molar-refractivity contribution >= 4 is 11.7 Å². The summed E-state index contributed by atoms with van der Waals surface area (Å²) < 4.78 is 4.66. The molecule has 7 nitrogen and oxygen atoms in total. The first-order chi connectivity index (χ1) is 8.45. The maximum atomic E-state index is 11.3. The van der Waals surface area contributed by atoms with E-state index in [4.69, 9.17) is 5.11 Å². The number of aromatic hydroxyl groups is 2. The summed E-state index contributed by atoms with van der Waals surface area (Å²) in [5.74, 6) is -1.72. The zero-order valence-corrected chi connectivity index (χ0v) is 9.33. The number of nitrogens with zero attached hydrogens (tertiary/aromatic N) is 1. The second kappa shape index (κ2) is 5.67. The van der Waals surface area contributed by atoms with E-state index in [1.54, 1.807) is 0 Å². The molecule has 7 heteroatoms. The number of phenolic OH excluding ortho intramolecular Hbond substituents is 2. The van der Waals surface area contributed by atoms with Gasteiger partial charge in [-0.05, 0) is 0 Å². The van der Waals surface area contributed by atoms with Crippen LogP contribution in [-0.2, 0) is 16.0 Å². The van der Waals surface area contributed by atoms with Crippen molar-refractivity contribution in [1.29, 1.82) is 0 Å². The Bertz CT molecular complexity index is 497. The van der Waals surface area contributed by atoms with Gasteiger partial charge in [-0.3, -0.25) is 14.9 Å². The molecular weight excluding hydrogens is 242 g/mol. The van der Waals surface area contributed by atoms with Crippen molar-refractivity contribution in [2.24, 2.45) is 0 Å². The molecule has 96 valence electrons. The maximum Gasteiger partial charge on any atom is 0.310 e. The molecule has 18 heavy (non-hydrogen) atoms. The Morgan fingerprint density at radius 1 is 1.50 bits per heavy atom. The van der Waals surface area contributed by atoms with Crippen molar-refractivity contribution in [3.05, 3.63) is 40.5 Å². The third-order valence-corrected chi connectivity index (χ3v) is 2.07. The quantitative estimate of drug-likeness (QED) is 0.354. The number of phenols is 2. The second-order valence-electron chi connectivity index (χ2n) is 3.37. The van der Waals surface area contributed by atoms with Gasteiger partial charge in [0.05, 0.1) is 23.0 Å². The molecule has 0 bridgehead atoms. The molecule has 0 saturated carbocycles. The fraction of sp³-hybridized carbons (Fsp3) is 0.182. The lowest BCUT2D eigenvalue weighted by Gasteiger charge is -2.06. The molecule has 0 aliphatic carbocycles. The zero-order chi connectivity index (χ0) is 13.7. The Labute approximate surface area is 102 Å². The van der Waals surface area contributed by atoms with Gasteiger partial charge >= 0.3 is 5.97 Å². The molecule has 0 radical (unpaired) electrons. The molecule has 1 aromatic carbocycles. The first-order valence-electron chi connectivity index (χ1n) is 4.91. The summed E-state index contributed by atoms with van der Waals surface area (Å²) in [6.45, 7) is 3.32. The molecular formula is C11H11NO6. The number of nitro benzene ring substituents is 1. The van der Waals surface area contributed by atoms with Gasteiger partial charge in [-0.25, -0.2) is 0 Å². The van der Waals surface area contributed by atoms with Crippen LogP contribution >= 0.6 is 0 Å². The van der Waals surface area contributed by atoms with Gasteiger partial charge in [0.2, 0.25) is 0 Å². The lowest BCUT2D eigenvalue weighted by atomic mass is 10.1. The molecule has 0 heterocycles. The van der Waals surface area contributed by atoms with Crippen LogP contribution in [0.1, 0.15) is 5.56 Å². The van der Waals surface area contributed by atoms with Crippen molar-refractivity contribution in [2.75, 3.05) is 6.61 Å². The van der Waals surface area contributed by atoms with E-state index in [-0.39, 0.29) is 12.2 Å². The van der Waals surface area contributed by atoms with Gasteiger partial charge in [-0.2, -0.15) is 0 Å². The smallest absolute Gasteiger partial charge is 0.310 e. The Morgan fingerprint density at radius 2 is 2.17 bits per heavy atom. The van der Waals surface area contributed by atoms with Gasteiger partial charge in [-0.1, -0.05) is 12.7 Å². The predicted molar refractivity (Wildman–Crippen MR) is 61.3 cm³/mol. The van der Waals surface area contributed by atoms with Crippen molar-refractivity contribution in [2.45, 2.75) is 6.42 Å². The highest BCUT2D eigenvalue weighted by Crippen LogP contribution is 2.32. The minimum Gasteiger partial charge on any atom is -0.508 e. The number of benzene rings is 1. The monoisotopic (exact) mass is 253 g/mol. The van der Waals surface area contributed by atoms with Crippen molar-refractivity contribution < 1.29 is 24.7 Å². The van der Waals surface area contributed by atoms with Crippen molar-refractivity contribution in [3.63, 3.8) is 0 Å². The van der Waals surface area contributed by atoms with Crippen LogP contribution in [0.4, 0.5) is 5.69 Å². The van der Waals surface area contributed by atoms with Crippen LogP contribution in [0.3, 0.4) is 0 Å². The summed E-state index contributed by atoms with van der Waals surface area (Å²) in [5, 5.41) is 29.4. The minimum atomic E-state index is -0.796. The highest BCUT2D eigenvalue weighted by molar-refractivity contribution is 5.76. The molecule has 0 fully saturated rings. The first kappa shape index (κ1) is 13.5. The van der Waals surface area contributed by atoms with Crippen LogP contribution < -0.4 is 0 Å². The summed E-state index contributed by atoms with van der Waals surface area (Å²) in [6.07, 6.45) is 0.888. The molecule has 0 unspecified atom stereocenters. The van der Waals surface area contributed by atoms with E-state index in [9.17, 15) is 20.0 Å². The van der Waals surface area contributed by atoms with Crippen LogP contribution in [-0.4, -0.2) is 27.7 Å². The normalized spacial score (nSPS) is 9.78. The maximum absolute atomic E-state index is 11.3. The Kier molecular flexibility index (Phi) is 4.25. The first-order valence-corrected chi connectivity index (χ1v) is 4.91. The molecule has 0 atom stereocenters. The fourth-order valence-corrected chi connectivity index (χ4v) is 1.32. The molecule has 0 saturated heterocycles. The minimum absolute atomic E-state index is 0.0223. The molecule has 0 spiro atoms. The number of rotatable bonds is 5. The zero-order valence-electron chi connectivity index (χ0n) is 9.33. The largest absolute Gasteiger partial charge is 0.508 e. The number of carbonyl (C=O) groups excluding carboxylic acids is 1. The van der Waals surface area contributed by atoms with Crippen molar-refractivity contribution in [1.82, 2.24) is 0 Å². The summed E-state index contributed by atoms with van der Waals surface area (Å²) >= 11 is 0. The summed E-state index contributed by atoms with van der Waals surface area (Å²) in [6, 6.07) is 1.78. The average molecular weight is 253 g/mol. The van der Waals surface area contributed by atoms with E-state index >= 15 is 0 Å². The Hall–Kier alpha value is -2.57. The molecule has 0 aliphatic rings. The number of hydrogen-bond donors (Lipinski definition) is 2. The molecule has 0 aromatic heterocycles. The number of esters is 1. The van der Waals surface area contributed by atoms with Gasteiger partial charge in [0, 0.05) is 6.07 Å². The summed E-state index contributed by atoms with van der Waals surface area (Å²) in [5.41, 5.74) is -0.741. The lowest BCUT2D eigenvalue weighted by Crippen LogP contribution is -2.09. The molecule has 1 aromatic rings. The van der Waals surface area contributed by atoms with Gasteiger partial charge in [0.1, 0.15) is 18.1 Å². The lowest BCUT2D eigenvalue weighted by molar-refractivity contribution is -0.385. The molecule has 0 amide bonds. The van der Waals surface area contributed by atoms with Crippen molar-refractivity contribution in [3.8, 4) is 11.5 Å². The van der Waals surface area contributed by atoms with Crippen LogP contribution in [0, 0.1) is 10.1 Å². The van der Waals surface area contributed by atoms with E-state index in [2.05, 4.69) is 11.3 Å². The van der Waals surface area contributed by atoms with E-state index in [0.29, 0.717) is 0 Å². The van der Waals surface area contributed by atoms with Crippen LogP contribution in [0.5, 0.6) is 11.5 Å². The fourth-order valence-electron chi connectivity index (χ4n) is 1.32. The number of carbonyl (C=O) groups is 1. The highest BCUT2D eigenvalue weighted by atomic mass is 16.6. The summed E-state index contributed by atoms with van der Waals surface area (Å²) in [7, 11) is 0. The van der Waals surface area contributed by atoms with Crippen LogP contribution in [0.15, 0.2) is 24.8 Å². The van der Waals surface area contributed by atoms with Gasteiger partial charge in [0.25, 0.3) is 5.69 Å². The Morgan fingerprint density at radius 3 is 2.72 bits per heavy atom. The van der Waals surface area contributed by atoms with Crippen LogP contribution in [0.25, 0.3) is 0 Å². The molecule has 2 N–H and O–H groups in total. The molecule has 1 rings (SSSR count). The van der Waals surface area contributed by atoms with Crippen LogP contribution in [0.2, 0.25) is 0 Å². The predicted octanol–water partition coefficient (Wildman–Crippen LogP) is 1.28. The standard InChI is InChI=1S/C11H11NO6/c1-2-3-18-11(15)6-8-9(12(16)17)4-7(13)5-10(8)14/h2,4-5,13-14H,1,3,6H2. The Balaban J connectivity index is 3.03. The third kappa shape index (κ3) is 3.21.